The molecule has 6 aromatic rings. The van der Waals surface area contributed by atoms with Gasteiger partial charge in [0, 0.05) is 53.8 Å². The van der Waals surface area contributed by atoms with E-state index in [-0.39, 0.29) is 18.5 Å². The van der Waals surface area contributed by atoms with E-state index in [9.17, 15) is 17.6 Å². The summed E-state index contributed by atoms with van der Waals surface area (Å²) in [7, 11) is -0.702. The molecule has 3 aromatic carbocycles. The highest BCUT2D eigenvalue weighted by Gasteiger charge is 2.28. The highest BCUT2D eigenvalue weighted by atomic mass is 32.2. The van der Waals surface area contributed by atoms with Crippen molar-refractivity contribution in [3.8, 4) is 39.6 Å². The van der Waals surface area contributed by atoms with E-state index in [1.54, 1.807) is 37.5 Å². The molecule has 3 aromatic heterocycles. The number of hydrogen-bond donors (Lipinski definition) is 1. The van der Waals surface area contributed by atoms with Gasteiger partial charge in [-0.15, -0.1) is 0 Å². The van der Waals surface area contributed by atoms with Gasteiger partial charge in [-0.25, -0.2) is 17.8 Å². The van der Waals surface area contributed by atoms with E-state index in [1.807, 2.05) is 47.9 Å². The van der Waals surface area contributed by atoms with Crippen molar-refractivity contribution in [3.05, 3.63) is 89.9 Å². The molecular formula is C33H27FN4O5S. The Hall–Kier alpha value is -5.16. The van der Waals surface area contributed by atoms with Crippen LogP contribution in [-0.2, 0) is 16.8 Å². The smallest absolute Gasteiger partial charge is 0.255 e. The number of pyridine rings is 1. The Balaban J connectivity index is 1.50. The number of ether oxygens (including phenoxy) is 1. The molecule has 0 radical (unpaired) electrons. The molecule has 0 bridgehead atoms. The number of carbonyl (C=O) groups is 1. The lowest BCUT2D eigenvalue weighted by atomic mass is 9.98. The van der Waals surface area contributed by atoms with Crippen LogP contribution >= 0.6 is 0 Å². The summed E-state index contributed by atoms with van der Waals surface area (Å²) in [5, 5.41) is 3.67. The van der Waals surface area contributed by atoms with Crippen LogP contribution in [0.4, 0.5) is 10.1 Å². The monoisotopic (exact) mass is 610 g/mol. The van der Waals surface area contributed by atoms with Crippen LogP contribution in [0.5, 0.6) is 5.88 Å². The first-order valence-electron chi connectivity index (χ1n) is 13.8. The fourth-order valence-electron chi connectivity index (χ4n) is 5.70. The summed E-state index contributed by atoms with van der Waals surface area (Å²) in [6.45, 7) is 2.14. The molecule has 0 saturated carbocycles. The summed E-state index contributed by atoms with van der Waals surface area (Å²) in [5.74, 6) is 0.0502. The van der Waals surface area contributed by atoms with E-state index < -0.39 is 10.0 Å². The zero-order valence-corrected chi connectivity index (χ0v) is 25.1. The maximum Gasteiger partial charge on any atom is 0.255 e. The second-order valence-corrected chi connectivity index (χ2v) is 12.8. The SMILES string of the molecule is CNC(=O)c1c(-c2ccc(C)cc2)oc2cc(N(C)S(C)(=O)=O)c(-c3cnc4c(c3)-c3cc5c(F)cccc5n3CO4)cc12. The van der Waals surface area contributed by atoms with Gasteiger partial charge in [-0.3, -0.25) is 9.10 Å². The fourth-order valence-corrected chi connectivity index (χ4v) is 6.20. The Kier molecular flexibility index (Phi) is 6.26. The number of aromatic nitrogens is 2. The van der Waals surface area contributed by atoms with Gasteiger partial charge < -0.3 is 19.0 Å². The van der Waals surface area contributed by atoms with Crippen molar-refractivity contribution in [3.63, 3.8) is 0 Å². The molecule has 11 heteroatoms. The van der Waals surface area contributed by atoms with Gasteiger partial charge in [0.2, 0.25) is 15.9 Å². The van der Waals surface area contributed by atoms with E-state index in [0.29, 0.717) is 67.0 Å². The maximum absolute atomic E-state index is 14.7. The van der Waals surface area contributed by atoms with Gasteiger partial charge in [0.15, 0.2) is 6.73 Å². The molecule has 0 unspecified atom stereocenters. The van der Waals surface area contributed by atoms with E-state index in [2.05, 4.69) is 10.3 Å². The number of rotatable bonds is 5. The molecule has 9 nitrogen and oxygen atoms in total. The lowest BCUT2D eigenvalue weighted by Crippen LogP contribution is -2.25. The minimum Gasteiger partial charge on any atom is -0.455 e. The number of halogens is 1. The number of amides is 1. The number of anilines is 1. The molecule has 0 atom stereocenters. The van der Waals surface area contributed by atoms with Crippen molar-refractivity contribution in [2.24, 2.45) is 0 Å². The minimum atomic E-state index is -3.70. The number of aryl methyl sites for hydroxylation is 1. The van der Waals surface area contributed by atoms with Crippen LogP contribution in [0.3, 0.4) is 0 Å². The highest BCUT2D eigenvalue weighted by molar-refractivity contribution is 7.92. The molecule has 1 aliphatic heterocycles. The molecular weight excluding hydrogens is 583 g/mol. The Morgan fingerprint density at radius 2 is 1.80 bits per heavy atom. The summed E-state index contributed by atoms with van der Waals surface area (Å²) in [5.41, 5.74) is 5.86. The van der Waals surface area contributed by atoms with Crippen molar-refractivity contribution in [1.29, 1.82) is 0 Å². The minimum absolute atomic E-state index is 0.169. The van der Waals surface area contributed by atoms with Crippen molar-refractivity contribution in [1.82, 2.24) is 14.9 Å². The topological polar surface area (TPSA) is 107 Å². The van der Waals surface area contributed by atoms with Gasteiger partial charge in [-0.2, -0.15) is 0 Å². The standard InChI is InChI=1S/C33H27FN4O5S/c1-18-8-10-19(11-9-18)31-30(32(39)35-2)24-13-21(27(15-29(24)43-31)37(3)44(4,40)41)20-12-23-28-14-22-25(34)6-5-7-26(22)38(28)17-42-33(23)36-16-20/h5-16H,17H2,1-4H3,(H,35,39). The molecule has 1 amide bonds. The van der Waals surface area contributed by atoms with Crippen LogP contribution in [0.25, 0.3) is 55.6 Å². The first-order chi connectivity index (χ1) is 21.0. The number of sulfonamides is 1. The molecule has 4 heterocycles. The van der Waals surface area contributed by atoms with Crippen molar-refractivity contribution in [2.45, 2.75) is 13.7 Å². The predicted octanol–water partition coefficient (Wildman–Crippen LogP) is 6.34. The second kappa shape index (κ2) is 9.95. The largest absolute Gasteiger partial charge is 0.455 e. The summed E-state index contributed by atoms with van der Waals surface area (Å²) >= 11 is 0. The molecule has 222 valence electrons. The normalized spacial score (nSPS) is 12.6. The van der Waals surface area contributed by atoms with Gasteiger partial charge in [0.25, 0.3) is 5.91 Å². The van der Waals surface area contributed by atoms with E-state index in [1.165, 1.54) is 13.1 Å². The number of carbonyl (C=O) groups excluding carboxylic acids is 1. The van der Waals surface area contributed by atoms with Crippen LogP contribution in [0.2, 0.25) is 0 Å². The number of nitrogens with zero attached hydrogens (tertiary/aromatic N) is 3. The molecule has 44 heavy (non-hydrogen) atoms. The average molecular weight is 611 g/mol. The summed E-state index contributed by atoms with van der Waals surface area (Å²) in [6, 6.07) is 19.5. The predicted molar refractivity (Wildman–Crippen MR) is 168 cm³/mol. The third-order valence-corrected chi connectivity index (χ3v) is 9.26. The van der Waals surface area contributed by atoms with E-state index >= 15 is 0 Å². The van der Waals surface area contributed by atoms with Gasteiger partial charge in [-0.05, 0) is 37.3 Å². The quantitative estimate of drug-likeness (QED) is 0.244. The van der Waals surface area contributed by atoms with Gasteiger partial charge in [0.1, 0.15) is 17.2 Å². The van der Waals surface area contributed by atoms with Gasteiger partial charge >= 0.3 is 0 Å². The Morgan fingerprint density at radius 1 is 1.02 bits per heavy atom. The molecule has 0 aliphatic carbocycles. The van der Waals surface area contributed by atoms with Crippen LogP contribution in [0.15, 0.2) is 77.3 Å². The number of hydrogen-bond acceptors (Lipinski definition) is 6. The number of furan rings is 1. The zero-order valence-electron chi connectivity index (χ0n) is 24.3. The van der Waals surface area contributed by atoms with Crippen LogP contribution in [-0.4, -0.2) is 44.2 Å². The first-order valence-corrected chi connectivity index (χ1v) is 15.6. The average Bonchev–Trinajstić information content (AvgIpc) is 3.59. The Labute approximate surface area is 252 Å². The summed E-state index contributed by atoms with van der Waals surface area (Å²) in [6.07, 6.45) is 2.71. The second-order valence-electron chi connectivity index (χ2n) is 10.8. The molecule has 0 spiro atoms. The highest BCUT2D eigenvalue weighted by Crippen LogP contribution is 2.44. The fraction of sp³-hybridized carbons (Fsp3) is 0.152. The van der Waals surface area contributed by atoms with Crippen LogP contribution in [0.1, 0.15) is 15.9 Å². The lowest BCUT2D eigenvalue weighted by Gasteiger charge is -2.23. The van der Waals surface area contributed by atoms with Crippen LogP contribution in [0, 0.1) is 12.7 Å². The molecule has 0 fully saturated rings. The number of nitrogens with one attached hydrogen (secondary N) is 1. The van der Waals surface area contributed by atoms with Crippen LogP contribution < -0.4 is 14.4 Å². The number of fused-ring (bicyclic) bond motifs is 6. The van der Waals surface area contributed by atoms with Crippen molar-refractivity contribution >= 4 is 43.5 Å². The summed E-state index contributed by atoms with van der Waals surface area (Å²) < 4.78 is 55.6. The van der Waals surface area contributed by atoms with E-state index in [4.69, 9.17) is 9.15 Å². The van der Waals surface area contributed by atoms with Crippen molar-refractivity contribution < 1.29 is 26.8 Å². The van der Waals surface area contributed by atoms with E-state index in [0.717, 1.165) is 21.8 Å². The third kappa shape index (κ3) is 4.31. The Morgan fingerprint density at radius 3 is 2.52 bits per heavy atom. The molecule has 7 rings (SSSR count). The summed E-state index contributed by atoms with van der Waals surface area (Å²) in [4.78, 5) is 17.8. The molecule has 1 aliphatic rings. The third-order valence-electron chi connectivity index (χ3n) is 8.07. The molecule has 1 N–H and O–H groups in total. The maximum atomic E-state index is 14.7. The number of benzene rings is 3. The molecule has 0 saturated heterocycles. The first kappa shape index (κ1) is 27.7. The van der Waals surface area contributed by atoms with Gasteiger partial charge in [0.05, 0.1) is 34.3 Å². The van der Waals surface area contributed by atoms with Crippen molar-refractivity contribution in [2.75, 3.05) is 24.7 Å². The lowest BCUT2D eigenvalue weighted by molar-refractivity contribution is 0.0964. The Bertz CT molecular complexity index is 2250. The van der Waals surface area contributed by atoms with Gasteiger partial charge in [-0.1, -0.05) is 35.9 Å². The zero-order chi connectivity index (χ0) is 30.9.